The number of hydrogen-bond acceptors (Lipinski definition) is 4. The summed E-state index contributed by atoms with van der Waals surface area (Å²) in [6.07, 6.45) is 5.71. The molecule has 5 heteroatoms. The van der Waals surface area contributed by atoms with Gasteiger partial charge in [0.25, 0.3) is 0 Å². The van der Waals surface area contributed by atoms with Crippen LogP contribution < -0.4 is 5.32 Å². The molecule has 1 aromatic heterocycles. The summed E-state index contributed by atoms with van der Waals surface area (Å²) in [6, 6.07) is 9.30. The predicted molar refractivity (Wildman–Crippen MR) is 88.1 cm³/mol. The second-order valence-electron chi connectivity index (χ2n) is 6.84. The number of hydrogen-bond donors (Lipinski definition) is 1. The van der Waals surface area contributed by atoms with E-state index < -0.39 is 0 Å². The smallest absolute Gasteiger partial charge is 0.223 e. The number of amides is 1. The van der Waals surface area contributed by atoms with Gasteiger partial charge in [0.05, 0.1) is 0 Å². The number of aryl methyl sites for hydroxylation is 1. The van der Waals surface area contributed by atoms with Gasteiger partial charge in [0.15, 0.2) is 11.5 Å². The van der Waals surface area contributed by atoms with E-state index in [1.165, 1.54) is 12.8 Å². The molecule has 2 saturated heterocycles. The first-order chi connectivity index (χ1) is 11.2. The van der Waals surface area contributed by atoms with Crippen LogP contribution in [0.25, 0.3) is 11.1 Å². The van der Waals surface area contributed by atoms with Gasteiger partial charge in [-0.25, -0.2) is 4.98 Å². The first kappa shape index (κ1) is 14.7. The number of piperidine rings is 1. The number of carbonyl (C=O) groups is 1. The molecule has 0 spiro atoms. The van der Waals surface area contributed by atoms with Crippen molar-refractivity contribution in [3.63, 3.8) is 0 Å². The van der Waals surface area contributed by atoms with E-state index in [0.717, 1.165) is 23.9 Å². The topological polar surface area (TPSA) is 58.4 Å². The minimum absolute atomic E-state index is 0.193. The molecule has 1 amide bonds. The molecule has 5 nitrogen and oxygen atoms in total. The highest BCUT2D eigenvalue weighted by Crippen LogP contribution is 2.29. The molecule has 2 atom stereocenters. The molecule has 2 aliphatic rings. The minimum atomic E-state index is 0.193. The standard InChI is InChI=1S/C18H23N3O2/c1-21(14-10-12-6-7-13(11-14)19-12)18(22)9-8-17-20-15-4-2-3-5-16(15)23-17/h2-5,12-14,19H,6-11H2,1H3. The Morgan fingerprint density at radius 2 is 2.04 bits per heavy atom. The maximum Gasteiger partial charge on any atom is 0.223 e. The molecule has 2 aliphatic heterocycles. The Bertz CT molecular complexity index is 666. The molecule has 0 saturated carbocycles. The summed E-state index contributed by atoms with van der Waals surface area (Å²) in [7, 11) is 1.95. The Labute approximate surface area is 136 Å². The lowest BCUT2D eigenvalue weighted by Crippen LogP contribution is -2.48. The van der Waals surface area contributed by atoms with Gasteiger partial charge in [0.2, 0.25) is 5.91 Å². The van der Waals surface area contributed by atoms with Gasteiger partial charge in [-0.05, 0) is 37.8 Å². The quantitative estimate of drug-likeness (QED) is 0.942. The molecule has 122 valence electrons. The van der Waals surface area contributed by atoms with Gasteiger partial charge < -0.3 is 14.6 Å². The van der Waals surface area contributed by atoms with Crippen molar-refractivity contribution in [3.8, 4) is 0 Å². The molecule has 2 unspecified atom stereocenters. The van der Waals surface area contributed by atoms with Crippen molar-refractivity contribution in [1.82, 2.24) is 15.2 Å². The third kappa shape index (κ3) is 2.98. The fourth-order valence-corrected chi connectivity index (χ4v) is 3.96. The van der Waals surface area contributed by atoms with Crippen molar-refractivity contribution in [2.75, 3.05) is 7.05 Å². The van der Waals surface area contributed by atoms with Crippen LogP contribution in [0.2, 0.25) is 0 Å². The lowest BCUT2D eigenvalue weighted by atomic mass is 9.98. The van der Waals surface area contributed by atoms with Crippen LogP contribution in [-0.2, 0) is 11.2 Å². The lowest BCUT2D eigenvalue weighted by molar-refractivity contribution is -0.132. The molecule has 2 fully saturated rings. The van der Waals surface area contributed by atoms with Crippen LogP contribution in [0.1, 0.15) is 38.0 Å². The SMILES string of the molecule is CN(C(=O)CCc1nc2ccccc2o1)C1CC2CCC(C1)N2. The van der Waals surface area contributed by atoms with E-state index in [0.29, 0.717) is 36.9 Å². The van der Waals surface area contributed by atoms with Crippen LogP contribution in [0.4, 0.5) is 0 Å². The fraction of sp³-hybridized carbons (Fsp3) is 0.556. The number of aromatic nitrogens is 1. The van der Waals surface area contributed by atoms with E-state index in [1.807, 2.05) is 36.2 Å². The van der Waals surface area contributed by atoms with Gasteiger partial charge in [-0.15, -0.1) is 0 Å². The summed E-state index contributed by atoms with van der Waals surface area (Å²) >= 11 is 0. The maximum absolute atomic E-state index is 12.5. The molecule has 0 aliphatic carbocycles. The maximum atomic E-state index is 12.5. The number of nitrogens with one attached hydrogen (secondary N) is 1. The summed E-state index contributed by atoms with van der Waals surface area (Å²) in [4.78, 5) is 18.9. The van der Waals surface area contributed by atoms with E-state index in [2.05, 4.69) is 10.3 Å². The zero-order valence-corrected chi connectivity index (χ0v) is 13.5. The fourth-order valence-electron chi connectivity index (χ4n) is 3.96. The summed E-state index contributed by atoms with van der Waals surface area (Å²) in [5.74, 6) is 0.844. The molecule has 3 heterocycles. The van der Waals surface area contributed by atoms with Crippen molar-refractivity contribution in [3.05, 3.63) is 30.2 Å². The normalized spacial score (nSPS) is 26.6. The van der Waals surface area contributed by atoms with E-state index in [1.54, 1.807) is 0 Å². The number of oxazole rings is 1. The van der Waals surface area contributed by atoms with Crippen LogP contribution in [0.3, 0.4) is 0 Å². The summed E-state index contributed by atoms with van der Waals surface area (Å²) in [5.41, 5.74) is 1.65. The van der Waals surface area contributed by atoms with Gasteiger partial charge in [0, 0.05) is 38.0 Å². The molecule has 1 aromatic carbocycles. The summed E-state index contributed by atoms with van der Waals surface area (Å²) in [5, 5.41) is 3.62. The van der Waals surface area contributed by atoms with Gasteiger partial charge in [-0.3, -0.25) is 4.79 Å². The van der Waals surface area contributed by atoms with Crippen LogP contribution in [0, 0.1) is 0 Å². The second-order valence-corrected chi connectivity index (χ2v) is 6.84. The number of rotatable bonds is 4. The number of fused-ring (bicyclic) bond motifs is 3. The van der Waals surface area contributed by atoms with Crippen LogP contribution >= 0.6 is 0 Å². The Balaban J connectivity index is 1.35. The first-order valence-corrected chi connectivity index (χ1v) is 8.55. The van der Waals surface area contributed by atoms with Crippen LogP contribution in [-0.4, -0.2) is 41.0 Å². The number of benzene rings is 1. The molecule has 2 aromatic rings. The Kier molecular flexibility index (Phi) is 3.81. The monoisotopic (exact) mass is 313 g/mol. The molecular weight excluding hydrogens is 290 g/mol. The zero-order chi connectivity index (χ0) is 15.8. The van der Waals surface area contributed by atoms with Crippen molar-refractivity contribution in [1.29, 1.82) is 0 Å². The molecular formula is C18H23N3O2. The van der Waals surface area contributed by atoms with Crippen molar-refractivity contribution in [2.24, 2.45) is 0 Å². The summed E-state index contributed by atoms with van der Waals surface area (Å²) < 4.78 is 5.70. The van der Waals surface area contributed by atoms with E-state index in [-0.39, 0.29) is 5.91 Å². The van der Waals surface area contributed by atoms with Gasteiger partial charge in [-0.2, -0.15) is 0 Å². The average molecular weight is 313 g/mol. The number of nitrogens with zero attached hydrogens (tertiary/aromatic N) is 2. The van der Waals surface area contributed by atoms with E-state index in [4.69, 9.17) is 4.42 Å². The Morgan fingerprint density at radius 3 is 2.78 bits per heavy atom. The van der Waals surface area contributed by atoms with Crippen LogP contribution in [0.5, 0.6) is 0 Å². The number of carbonyl (C=O) groups excluding carboxylic acids is 1. The van der Waals surface area contributed by atoms with Crippen molar-refractivity contribution >= 4 is 17.0 Å². The minimum Gasteiger partial charge on any atom is -0.441 e. The highest BCUT2D eigenvalue weighted by Gasteiger charge is 2.36. The third-order valence-corrected chi connectivity index (χ3v) is 5.28. The van der Waals surface area contributed by atoms with Gasteiger partial charge in [-0.1, -0.05) is 12.1 Å². The van der Waals surface area contributed by atoms with Gasteiger partial charge >= 0.3 is 0 Å². The van der Waals surface area contributed by atoms with Crippen molar-refractivity contribution < 1.29 is 9.21 Å². The molecule has 0 radical (unpaired) electrons. The van der Waals surface area contributed by atoms with Gasteiger partial charge in [0.1, 0.15) is 5.52 Å². The highest BCUT2D eigenvalue weighted by molar-refractivity contribution is 5.77. The zero-order valence-electron chi connectivity index (χ0n) is 13.5. The lowest BCUT2D eigenvalue weighted by Gasteiger charge is -2.35. The Morgan fingerprint density at radius 1 is 1.30 bits per heavy atom. The first-order valence-electron chi connectivity index (χ1n) is 8.55. The van der Waals surface area contributed by atoms with E-state index in [9.17, 15) is 4.79 Å². The highest BCUT2D eigenvalue weighted by atomic mass is 16.3. The van der Waals surface area contributed by atoms with Crippen LogP contribution in [0.15, 0.2) is 28.7 Å². The van der Waals surface area contributed by atoms with Crippen molar-refractivity contribution in [2.45, 2.75) is 56.7 Å². The molecule has 4 rings (SSSR count). The average Bonchev–Trinajstić information content (AvgIpc) is 3.14. The Hall–Kier alpha value is -1.88. The second kappa shape index (κ2) is 5.96. The number of para-hydroxylation sites is 2. The predicted octanol–water partition coefficient (Wildman–Crippen LogP) is 2.50. The largest absolute Gasteiger partial charge is 0.441 e. The molecule has 23 heavy (non-hydrogen) atoms. The van der Waals surface area contributed by atoms with E-state index >= 15 is 0 Å². The third-order valence-electron chi connectivity index (χ3n) is 5.28. The molecule has 2 bridgehead atoms. The molecule has 1 N–H and O–H groups in total. The summed E-state index contributed by atoms with van der Waals surface area (Å²) in [6.45, 7) is 0.